The molecule has 3 nitrogen and oxygen atoms in total. The van der Waals surface area contributed by atoms with Crippen molar-refractivity contribution in [3.8, 4) is 0 Å². The van der Waals surface area contributed by atoms with Gasteiger partial charge in [0.05, 0.1) is 13.2 Å². The van der Waals surface area contributed by atoms with Crippen LogP contribution in [0.1, 0.15) is 6.92 Å². The first-order valence-electron chi connectivity index (χ1n) is 3.99. The minimum absolute atomic E-state index is 0.0244. The van der Waals surface area contributed by atoms with E-state index in [1.165, 1.54) is 6.92 Å². The lowest BCUT2D eigenvalue weighted by Gasteiger charge is -2.14. The van der Waals surface area contributed by atoms with Crippen molar-refractivity contribution in [2.24, 2.45) is 0 Å². The maximum atomic E-state index is 12.8. The van der Waals surface area contributed by atoms with E-state index in [9.17, 15) is 13.6 Å². The molecule has 0 fully saturated rings. The maximum Gasteiger partial charge on any atom is 0.378 e. The molecular formula is C8H12ClF2NO2. The topological polar surface area (TPSA) is 38.3 Å². The summed E-state index contributed by atoms with van der Waals surface area (Å²) in [7, 11) is 0. The van der Waals surface area contributed by atoms with E-state index in [4.69, 9.17) is 11.6 Å². The summed E-state index contributed by atoms with van der Waals surface area (Å²) in [6, 6.07) is 0. The van der Waals surface area contributed by atoms with Crippen LogP contribution in [-0.4, -0.2) is 31.6 Å². The third kappa shape index (κ3) is 5.14. The van der Waals surface area contributed by atoms with Gasteiger partial charge in [0.2, 0.25) is 0 Å². The quantitative estimate of drug-likeness (QED) is 0.700. The van der Waals surface area contributed by atoms with Crippen molar-refractivity contribution >= 4 is 17.6 Å². The van der Waals surface area contributed by atoms with Crippen LogP contribution in [0.15, 0.2) is 11.6 Å². The summed E-state index contributed by atoms with van der Waals surface area (Å²) in [6.45, 7) is 3.90. The van der Waals surface area contributed by atoms with Crippen molar-refractivity contribution in [3.63, 3.8) is 0 Å². The second-order valence-electron chi connectivity index (χ2n) is 2.55. The van der Waals surface area contributed by atoms with Gasteiger partial charge < -0.3 is 10.1 Å². The van der Waals surface area contributed by atoms with Gasteiger partial charge in [0.1, 0.15) is 0 Å². The molecule has 0 saturated carbocycles. The summed E-state index contributed by atoms with van der Waals surface area (Å²) < 4.78 is 29.9. The molecule has 0 aromatic carbocycles. The summed E-state index contributed by atoms with van der Waals surface area (Å²) in [5.74, 6) is -5.06. The third-order valence-corrected chi connectivity index (χ3v) is 1.37. The van der Waals surface area contributed by atoms with Crippen molar-refractivity contribution in [1.29, 1.82) is 0 Å². The summed E-state index contributed by atoms with van der Waals surface area (Å²) in [5, 5.41) is 2.48. The molecule has 0 bridgehead atoms. The lowest BCUT2D eigenvalue weighted by molar-refractivity contribution is -0.170. The van der Waals surface area contributed by atoms with E-state index in [1.807, 2.05) is 0 Å². The number of esters is 1. The van der Waals surface area contributed by atoms with Crippen LogP contribution < -0.4 is 5.32 Å². The first-order valence-corrected chi connectivity index (χ1v) is 4.37. The van der Waals surface area contributed by atoms with Crippen LogP contribution in [-0.2, 0) is 9.53 Å². The standard InChI is InChI=1S/C8H12ClF2NO2/c1-3-14-7(13)8(10,11)5-12-4-6(2)9/h12H,2-5H2,1H3. The van der Waals surface area contributed by atoms with Crippen LogP contribution in [0.4, 0.5) is 8.78 Å². The first-order chi connectivity index (χ1) is 6.40. The number of ether oxygens (including phenoxy) is 1. The molecule has 1 N–H and O–H groups in total. The van der Waals surface area contributed by atoms with Crippen LogP contribution in [0, 0.1) is 0 Å². The second-order valence-corrected chi connectivity index (χ2v) is 3.08. The summed E-state index contributed by atoms with van der Waals surface area (Å²) >= 11 is 5.33. The minimum Gasteiger partial charge on any atom is -0.462 e. The SMILES string of the molecule is C=C(Cl)CNCC(F)(F)C(=O)OCC. The second kappa shape index (κ2) is 5.93. The van der Waals surface area contributed by atoms with Crippen molar-refractivity contribution in [2.45, 2.75) is 12.8 Å². The van der Waals surface area contributed by atoms with Gasteiger partial charge in [-0.3, -0.25) is 0 Å². The molecule has 0 spiro atoms. The molecule has 0 atom stereocenters. The Morgan fingerprint density at radius 3 is 2.64 bits per heavy atom. The summed E-state index contributed by atoms with van der Waals surface area (Å²) in [6.07, 6.45) is 0. The Morgan fingerprint density at radius 1 is 1.64 bits per heavy atom. The Balaban J connectivity index is 3.93. The summed E-state index contributed by atoms with van der Waals surface area (Å²) in [5.41, 5.74) is 0. The average molecular weight is 228 g/mol. The Bertz CT molecular complexity index is 221. The third-order valence-electron chi connectivity index (χ3n) is 1.24. The predicted octanol–water partition coefficient (Wildman–Crippen LogP) is 1.53. The van der Waals surface area contributed by atoms with Gasteiger partial charge in [-0.1, -0.05) is 18.2 Å². The molecule has 0 unspecified atom stereocenters. The van der Waals surface area contributed by atoms with Gasteiger partial charge in [-0.2, -0.15) is 8.78 Å². The van der Waals surface area contributed by atoms with Crippen LogP contribution >= 0.6 is 11.6 Å². The summed E-state index contributed by atoms with van der Waals surface area (Å²) in [4.78, 5) is 10.7. The van der Waals surface area contributed by atoms with Gasteiger partial charge in [0, 0.05) is 11.6 Å². The monoisotopic (exact) mass is 227 g/mol. The molecule has 0 amide bonds. The molecule has 0 aliphatic rings. The molecule has 0 aromatic heterocycles. The zero-order valence-corrected chi connectivity index (χ0v) is 8.53. The van der Waals surface area contributed by atoms with Gasteiger partial charge in [-0.05, 0) is 6.92 Å². The van der Waals surface area contributed by atoms with Gasteiger partial charge in [-0.25, -0.2) is 4.79 Å². The van der Waals surface area contributed by atoms with Crippen LogP contribution in [0.25, 0.3) is 0 Å². The average Bonchev–Trinajstić information content (AvgIpc) is 2.03. The highest BCUT2D eigenvalue weighted by Gasteiger charge is 2.39. The number of nitrogens with one attached hydrogen (secondary N) is 1. The van der Waals surface area contributed by atoms with Crippen LogP contribution in [0.5, 0.6) is 0 Å². The first kappa shape index (κ1) is 13.3. The number of halogens is 3. The molecule has 0 saturated heterocycles. The van der Waals surface area contributed by atoms with Crippen LogP contribution in [0.3, 0.4) is 0 Å². The maximum absolute atomic E-state index is 12.8. The number of hydrogen-bond acceptors (Lipinski definition) is 3. The van der Waals surface area contributed by atoms with Crippen molar-refractivity contribution in [3.05, 3.63) is 11.6 Å². The fraction of sp³-hybridized carbons (Fsp3) is 0.625. The molecule has 0 rings (SSSR count). The van der Waals surface area contributed by atoms with Crippen molar-refractivity contribution < 1.29 is 18.3 Å². The molecule has 14 heavy (non-hydrogen) atoms. The van der Waals surface area contributed by atoms with E-state index in [0.29, 0.717) is 0 Å². The smallest absolute Gasteiger partial charge is 0.378 e. The molecule has 6 heteroatoms. The molecule has 0 aliphatic carbocycles. The molecule has 0 aromatic rings. The van der Waals surface area contributed by atoms with Gasteiger partial charge >= 0.3 is 11.9 Å². The van der Waals surface area contributed by atoms with E-state index < -0.39 is 18.4 Å². The predicted molar refractivity (Wildman–Crippen MR) is 49.4 cm³/mol. The van der Waals surface area contributed by atoms with Crippen LogP contribution in [0.2, 0.25) is 0 Å². The Morgan fingerprint density at radius 2 is 2.21 bits per heavy atom. The van der Waals surface area contributed by atoms with Crippen molar-refractivity contribution in [2.75, 3.05) is 19.7 Å². The van der Waals surface area contributed by atoms with E-state index in [2.05, 4.69) is 16.6 Å². The van der Waals surface area contributed by atoms with E-state index in [1.54, 1.807) is 0 Å². The number of hydrogen-bond donors (Lipinski definition) is 1. The fourth-order valence-corrected chi connectivity index (χ4v) is 0.758. The normalized spacial score (nSPS) is 11.1. The number of rotatable bonds is 6. The van der Waals surface area contributed by atoms with Gasteiger partial charge in [0.25, 0.3) is 0 Å². The highest BCUT2D eigenvalue weighted by molar-refractivity contribution is 6.29. The highest BCUT2D eigenvalue weighted by Crippen LogP contribution is 2.14. The number of alkyl halides is 2. The molecule has 0 radical (unpaired) electrons. The van der Waals surface area contributed by atoms with E-state index >= 15 is 0 Å². The lowest BCUT2D eigenvalue weighted by atomic mass is 10.3. The number of carbonyl (C=O) groups excluding carboxylic acids is 1. The fourth-order valence-electron chi connectivity index (χ4n) is 0.664. The van der Waals surface area contributed by atoms with Gasteiger partial charge in [0.15, 0.2) is 0 Å². The number of carbonyl (C=O) groups is 1. The molecule has 0 aliphatic heterocycles. The Hall–Kier alpha value is -0.680. The molecule has 82 valence electrons. The van der Waals surface area contributed by atoms with Gasteiger partial charge in [-0.15, -0.1) is 0 Å². The van der Waals surface area contributed by atoms with Crippen molar-refractivity contribution in [1.82, 2.24) is 5.32 Å². The molecule has 0 heterocycles. The van der Waals surface area contributed by atoms with E-state index in [0.717, 1.165) is 0 Å². The Kier molecular flexibility index (Phi) is 5.64. The largest absolute Gasteiger partial charge is 0.462 e. The highest BCUT2D eigenvalue weighted by atomic mass is 35.5. The zero-order chi connectivity index (χ0) is 11.2. The molecular weight excluding hydrogens is 216 g/mol. The lowest BCUT2D eigenvalue weighted by Crippen LogP contribution is -2.41. The Labute approximate surface area is 86.1 Å². The zero-order valence-electron chi connectivity index (χ0n) is 7.78. The minimum atomic E-state index is -3.53. The van der Waals surface area contributed by atoms with E-state index in [-0.39, 0.29) is 18.2 Å².